The third-order valence-corrected chi connectivity index (χ3v) is 5.46. The van der Waals surface area contributed by atoms with Gasteiger partial charge in [0.15, 0.2) is 0 Å². The molecule has 0 aliphatic heterocycles. The van der Waals surface area contributed by atoms with E-state index in [1.54, 1.807) is 17.7 Å². The van der Waals surface area contributed by atoms with Crippen molar-refractivity contribution >= 4 is 28.3 Å². The highest BCUT2D eigenvalue weighted by Gasteiger charge is 2.23. The predicted octanol–water partition coefficient (Wildman–Crippen LogP) is 4.56. The van der Waals surface area contributed by atoms with E-state index in [1.165, 1.54) is 0 Å². The van der Waals surface area contributed by atoms with Crippen LogP contribution in [0.25, 0.3) is 11.0 Å². The van der Waals surface area contributed by atoms with Crippen molar-refractivity contribution in [2.24, 2.45) is 0 Å². The number of nitrogens with zero attached hydrogens (tertiary/aromatic N) is 2. The van der Waals surface area contributed by atoms with E-state index in [-0.39, 0.29) is 18.0 Å². The van der Waals surface area contributed by atoms with Gasteiger partial charge in [0.2, 0.25) is 5.91 Å². The number of aromatic nitrogens is 2. The minimum absolute atomic E-state index is 0.0320. The smallest absolute Gasteiger partial charge is 0.243 e. The minimum Gasteiger partial charge on any atom is -0.343 e. The second-order valence-electron chi connectivity index (χ2n) is 6.18. The molecule has 2 atom stereocenters. The SMILES string of the molecule is C[C@@H](C(=O)N[C@H](c1ccccc1)c1cccs1)n1cnc2ccccc21. The van der Waals surface area contributed by atoms with Gasteiger partial charge in [-0.15, -0.1) is 11.3 Å². The molecule has 0 aliphatic carbocycles. The van der Waals surface area contributed by atoms with Crippen molar-refractivity contribution < 1.29 is 4.79 Å². The zero-order chi connectivity index (χ0) is 17.9. The lowest BCUT2D eigenvalue weighted by Gasteiger charge is -2.21. The number of benzene rings is 2. The van der Waals surface area contributed by atoms with Crippen molar-refractivity contribution in [2.75, 3.05) is 0 Å². The predicted molar refractivity (Wildman–Crippen MR) is 105 cm³/mol. The fourth-order valence-corrected chi connectivity index (χ4v) is 3.90. The molecule has 0 bridgehead atoms. The van der Waals surface area contributed by atoms with Gasteiger partial charge in [-0.2, -0.15) is 0 Å². The monoisotopic (exact) mass is 361 g/mol. The first-order valence-electron chi connectivity index (χ1n) is 8.54. The molecule has 0 saturated carbocycles. The topological polar surface area (TPSA) is 46.9 Å². The number of para-hydroxylation sites is 2. The molecule has 2 heterocycles. The highest BCUT2D eigenvalue weighted by molar-refractivity contribution is 7.10. The van der Waals surface area contributed by atoms with Crippen LogP contribution in [-0.2, 0) is 4.79 Å². The number of hydrogen-bond donors (Lipinski definition) is 1. The number of carbonyl (C=O) groups excluding carboxylic acids is 1. The Labute approximate surface area is 156 Å². The largest absolute Gasteiger partial charge is 0.343 e. The van der Waals surface area contributed by atoms with Gasteiger partial charge in [0.1, 0.15) is 6.04 Å². The second-order valence-corrected chi connectivity index (χ2v) is 7.16. The standard InChI is InChI=1S/C21H19N3OS/c1-15(24-14-22-17-10-5-6-11-18(17)24)21(25)23-20(19-12-7-13-26-19)16-8-3-2-4-9-16/h2-15,20H,1H3,(H,23,25)/t15-,20+/m0/s1. The molecule has 26 heavy (non-hydrogen) atoms. The van der Waals surface area contributed by atoms with Gasteiger partial charge in [-0.1, -0.05) is 48.5 Å². The van der Waals surface area contributed by atoms with Crippen molar-refractivity contribution in [1.29, 1.82) is 0 Å². The summed E-state index contributed by atoms with van der Waals surface area (Å²) in [5.41, 5.74) is 2.93. The van der Waals surface area contributed by atoms with Crippen molar-refractivity contribution in [3.8, 4) is 0 Å². The molecular formula is C21H19N3OS. The highest BCUT2D eigenvalue weighted by atomic mass is 32.1. The molecule has 0 fully saturated rings. The summed E-state index contributed by atoms with van der Waals surface area (Å²) in [7, 11) is 0. The molecule has 0 saturated heterocycles. The maximum atomic E-state index is 13.0. The molecule has 1 N–H and O–H groups in total. The Kier molecular flexibility index (Phi) is 4.54. The molecule has 4 aromatic rings. The third kappa shape index (κ3) is 3.13. The first-order valence-corrected chi connectivity index (χ1v) is 9.42. The maximum absolute atomic E-state index is 13.0. The number of imidazole rings is 1. The molecule has 4 nitrogen and oxygen atoms in total. The van der Waals surface area contributed by atoms with Gasteiger partial charge < -0.3 is 9.88 Å². The van der Waals surface area contributed by atoms with Crippen LogP contribution in [0.15, 0.2) is 78.4 Å². The van der Waals surface area contributed by atoms with E-state index in [9.17, 15) is 4.79 Å². The number of thiophene rings is 1. The van der Waals surface area contributed by atoms with E-state index < -0.39 is 0 Å². The average molecular weight is 361 g/mol. The Balaban J connectivity index is 1.62. The van der Waals surface area contributed by atoms with E-state index in [0.717, 1.165) is 21.5 Å². The lowest BCUT2D eigenvalue weighted by Crippen LogP contribution is -2.34. The summed E-state index contributed by atoms with van der Waals surface area (Å²) in [4.78, 5) is 18.5. The van der Waals surface area contributed by atoms with Crippen molar-refractivity contribution in [3.63, 3.8) is 0 Å². The second kappa shape index (κ2) is 7.14. The fraction of sp³-hybridized carbons (Fsp3) is 0.143. The number of carbonyl (C=O) groups is 1. The van der Waals surface area contributed by atoms with Crippen molar-refractivity contribution in [2.45, 2.75) is 19.0 Å². The number of rotatable bonds is 5. The van der Waals surface area contributed by atoms with Gasteiger partial charge in [-0.3, -0.25) is 4.79 Å². The lowest BCUT2D eigenvalue weighted by atomic mass is 10.0. The van der Waals surface area contributed by atoms with Crippen LogP contribution in [0.5, 0.6) is 0 Å². The van der Waals surface area contributed by atoms with Crippen LogP contribution in [0.3, 0.4) is 0 Å². The van der Waals surface area contributed by atoms with Crippen LogP contribution in [0.4, 0.5) is 0 Å². The quantitative estimate of drug-likeness (QED) is 0.566. The van der Waals surface area contributed by atoms with E-state index in [1.807, 2.05) is 77.5 Å². The molecule has 0 radical (unpaired) electrons. The number of hydrogen-bond acceptors (Lipinski definition) is 3. The molecule has 0 aliphatic rings. The van der Waals surface area contributed by atoms with E-state index in [2.05, 4.69) is 16.4 Å². The van der Waals surface area contributed by atoms with Crippen LogP contribution in [0.1, 0.15) is 29.4 Å². The molecule has 1 amide bonds. The van der Waals surface area contributed by atoms with Gasteiger partial charge in [0, 0.05) is 4.88 Å². The summed E-state index contributed by atoms with van der Waals surface area (Å²) in [5.74, 6) is -0.0320. The Hall–Kier alpha value is -2.92. The van der Waals surface area contributed by atoms with Gasteiger partial charge in [-0.25, -0.2) is 4.98 Å². The third-order valence-electron chi connectivity index (χ3n) is 4.53. The summed E-state index contributed by atoms with van der Waals surface area (Å²) < 4.78 is 1.92. The molecule has 0 spiro atoms. The van der Waals surface area contributed by atoms with Gasteiger partial charge in [0.25, 0.3) is 0 Å². The van der Waals surface area contributed by atoms with E-state index in [0.29, 0.717) is 0 Å². The summed E-state index contributed by atoms with van der Waals surface area (Å²) in [6.45, 7) is 1.90. The molecule has 5 heteroatoms. The molecule has 0 unspecified atom stereocenters. The molecule has 2 aromatic carbocycles. The van der Waals surface area contributed by atoms with Crippen molar-refractivity contribution in [3.05, 3.63) is 88.9 Å². The number of nitrogens with one attached hydrogen (secondary N) is 1. The van der Waals surface area contributed by atoms with Gasteiger partial charge in [-0.05, 0) is 36.1 Å². The molecule has 4 rings (SSSR count). The first-order chi connectivity index (χ1) is 12.7. The summed E-state index contributed by atoms with van der Waals surface area (Å²) >= 11 is 1.65. The first kappa shape index (κ1) is 16.5. The van der Waals surface area contributed by atoms with Gasteiger partial charge in [0.05, 0.1) is 23.4 Å². The zero-order valence-corrected chi connectivity index (χ0v) is 15.2. The van der Waals surface area contributed by atoms with Crippen LogP contribution in [0, 0.1) is 0 Å². The number of fused-ring (bicyclic) bond motifs is 1. The minimum atomic E-state index is -0.353. The van der Waals surface area contributed by atoms with E-state index >= 15 is 0 Å². The Morgan fingerprint density at radius 3 is 2.58 bits per heavy atom. The summed E-state index contributed by atoms with van der Waals surface area (Å²) in [5, 5.41) is 5.24. The Bertz CT molecular complexity index is 1010. The summed E-state index contributed by atoms with van der Waals surface area (Å²) in [6, 6.07) is 21.5. The number of amides is 1. The summed E-state index contributed by atoms with van der Waals surface area (Å²) in [6.07, 6.45) is 1.73. The molecule has 2 aromatic heterocycles. The molecular weight excluding hydrogens is 342 g/mol. The lowest BCUT2D eigenvalue weighted by molar-refractivity contribution is -0.124. The average Bonchev–Trinajstić information content (AvgIpc) is 3.36. The highest BCUT2D eigenvalue weighted by Crippen LogP contribution is 2.27. The van der Waals surface area contributed by atoms with Crippen LogP contribution in [0.2, 0.25) is 0 Å². The van der Waals surface area contributed by atoms with Crippen molar-refractivity contribution in [1.82, 2.24) is 14.9 Å². The Morgan fingerprint density at radius 1 is 1.04 bits per heavy atom. The zero-order valence-electron chi connectivity index (χ0n) is 14.4. The van der Waals surface area contributed by atoms with E-state index in [4.69, 9.17) is 0 Å². The van der Waals surface area contributed by atoms with Crippen LogP contribution >= 0.6 is 11.3 Å². The maximum Gasteiger partial charge on any atom is 0.243 e. The molecule has 130 valence electrons. The van der Waals surface area contributed by atoms with Crippen LogP contribution < -0.4 is 5.32 Å². The fourth-order valence-electron chi connectivity index (χ4n) is 3.10. The van der Waals surface area contributed by atoms with Gasteiger partial charge >= 0.3 is 0 Å². The normalized spacial score (nSPS) is 13.4. The Morgan fingerprint density at radius 2 is 1.81 bits per heavy atom. The van der Waals surface area contributed by atoms with Crippen LogP contribution in [-0.4, -0.2) is 15.5 Å².